The summed E-state index contributed by atoms with van der Waals surface area (Å²) in [6.45, 7) is 8.20. The molecular weight excluding hydrogens is 216 g/mol. The van der Waals surface area contributed by atoms with Crippen LogP contribution in [-0.4, -0.2) is 30.6 Å². The highest BCUT2D eigenvalue weighted by Gasteiger charge is 2.20. The Morgan fingerprint density at radius 2 is 2.50 bits per heavy atom. The van der Waals surface area contributed by atoms with Gasteiger partial charge in [-0.25, -0.2) is 0 Å². The van der Waals surface area contributed by atoms with E-state index >= 15 is 0 Å². The van der Waals surface area contributed by atoms with Gasteiger partial charge in [0.05, 0.1) is 0 Å². The second-order valence-corrected chi connectivity index (χ2v) is 5.46. The lowest BCUT2D eigenvalue weighted by Gasteiger charge is -2.34. The van der Waals surface area contributed by atoms with Crippen LogP contribution in [-0.2, 0) is 0 Å². The van der Waals surface area contributed by atoms with E-state index in [2.05, 4.69) is 40.9 Å². The molecular formula is C13H22N2S. The van der Waals surface area contributed by atoms with Crippen molar-refractivity contribution in [1.29, 1.82) is 0 Å². The first kappa shape index (κ1) is 12.1. The Morgan fingerprint density at radius 1 is 1.62 bits per heavy atom. The third kappa shape index (κ3) is 3.06. The zero-order valence-corrected chi connectivity index (χ0v) is 11.1. The van der Waals surface area contributed by atoms with E-state index in [1.54, 1.807) is 11.3 Å². The SMILES string of the molecule is CCN1CCCC(NC(C)c2ccsc2)C1. The molecule has 16 heavy (non-hydrogen) atoms. The van der Waals surface area contributed by atoms with Crippen molar-refractivity contribution in [3.63, 3.8) is 0 Å². The van der Waals surface area contributed by atoms with Crippen LogP contribution in [0.25, 0.3) is 0 Å². The maximum absolute atomic E-state index is 3.75. The molecule has 1 aliphatic heterocycles. The van der Waals surface area contributed by atoms with Crippen LogP contribution in [0.2, 0.25) is 0 Å². The van der Waals surface area contributed by atoms with Crippen LogP contribution in [0.15, 0.2) is 16.8 Å². The van der Waals surface area contributed by atoms with Gasteiger partial charge >= 0.3 is 0 Å². The fourth-order valence-corrected chi connectivity index (χ4v) is 3.20. The predicted octanol–water partition coefficient (Wildman–Crippen LogP) is 2.88. The average Bonchev–Trinajstić information content (AvgIpc) is 2.83. The maximum atomic E-state index is 3.75. The summed E-state index contributed by atoms with van der Waals surface area (Å²) < 4.78 is 0. The minimum Gasteiger partial charge on any atom is -0.306 e. The van der Waals surface area contributed by atoms with Crippen LogP contribution in [0.3, 0.4) is 0 Å². The van der Waals surface area contributed by atoms with Crippen molar-refractivity contribution in [1.82, 2.24) is 10.2 Å². The molecule has 1 aromatic rings. The van der Waals surface area contributed by atoms with Crippen molar-refractivity contribution in [3.8, 4) is 0 Å². The first-order valence-electron chi connectivity index (χ1n) is 6.30. The molecule has 2 atom stereocenters. The molecule has 2 rings (SSSR count). The van der Waals surface area contributed by atoms with Crippen LogP contribution in [0, 0.1) is 0 Å². The van der Waals surface area contributed by atoms with Gasteiger partial charge in [-0.2, -0.15) is 11.3 Å². The van der Waals surface area contributed by atoms with Crippen molar-refractivity contribution in [2.45, 2.75) is 38.8 Å². The summed E-state index contributed by atoms with van der Waals surface area (Å²) >= 11 is 1.78. The highest BCUT2D eigenvalue weighted by molar-refractivity contribution is 7.07. The van der Waals surface area contributed by atoms with E-state index < -0.39 is 0 Å². The van der Waals surface area contributed by atoms with E-state index in [1.807, 2.05) is 0 Å². The number of nitrogens with zero attached hydrogens (tertiary/aromatic N) is 1. The van der Waals surface area contributed by atoms with Crippen LogP contribution < -0.4 is 5.32 Å². The summed E-state index contributed by atoms with van der Waals surface area (Å²) in [6, 6.07) is 3.39. The van der Waals surface area contributed by atoms with E-state index in [4.69, 9.17) is 0 Å². The fraction of sp³-hybridized carbons (Fsp3) is 0.692. The highest BCUT2D eigenvalue weighted by atomic mass is 32.1. The quantitative estimate of drug-likeness (QED) is 0.867. The molecule has 0 amide bonds. The van der Waals surface area contributed by atoms with Gasteiger partial charge < -0.3 is 10.2 Å². The van der Waals surface area contributed by atoms with E-state index in [0.29, 0.717) is 12.1 Å². The Morgan fingerprint density at radius 3 is 3.19 bits per heavy atom. The number of hydrogen-bond acceptors (Lipinski definition) is 3. The Labute approximate surface area is 103 Å². The van der Waals surface area contributed by atoms with Crippen LogP contribution in [0.1, 0.15) is 38.3 Å². The van der Waals surface area contributed by atoms with Crippen LogP contribution in [0.4, 0.5) is 0 Å². The van der Waals surface area contributed by atoms with Gasteiger partial charge in [-0.15, -0.1) is 0 Å². The van der Waals surface area contributed by atoms with Gasteiger partial charge in [-0.3, -0.25) is 0 Å². The van der Waals surface area contributed by atoms with Crippen molar-refractivity contribution < 1.29 is 0 Å². The van der Waals surface area contributed by atoms with Gasteiger partial charge in [0.15, 0.2) is 0 Å². The third-order valence-electron chi connectivity index (χ3n) is 3.48. The maximum Gasteiger partial charge on any atom is 0.0303 e. The van der Waals surface area contributed by atoms with E-state index in [-0.39, 0.29) is 0 Å². The summed E-state index contributed by atoms with van der Waals surface area (Å²) in [5.74, 6) is 0. The summed E-state index contributed by atoms with van der Waals surface area (Å²) in [7, 11) is 0. The minimum absolute atomic E-state index is 0.494. The van der Waals surface area contributed by atoms with E-state index in [0.717, 1.165) is 0 Å². The zero-order chi connectivity index (χ0) is 11.4. The van der Waals surface area contributed by atoms with Crippen LogP contribution in [0.5, 0.6) is 0 Å². The molecule has 0 saturated carbocycles. The van der Waals surface area contributed by atoms with E-state index in [1.165, 1.54) is 38.0 Å². The molecule has 1 saturated heterocycles. The largest absolute Gasteiger partial charge is 0.306 e. The normalized spacial score (nSPS) is 24.5. The number of piperidine rings is 1. The van der Waals surface area contributed by atoms with Crippen molar-refractivity contribution >= 4 is 11.3 Å². The molecule has 0 aromatic carbocycles. The fourth-order valence-electron chi connectivity index (χ4n) is 2.45. The van der Waals surface area contributed by atoms with Gasteiger partial charge in [0, 0.05) is 18.6 Å². The molecule has 2 heterocycles. The highest BCUT2D eigenvalue weighted by Crippen LogP contribution is 2.18. The molecule has 0 bridgehead atoms. The summed E-state index contributed by atoms with van der Waals surface area (Å²) in [4.78, 5) is 2.54. The Balaban J connectivity index is 1.84. The molecule has 1 aromatic heterocycles. The third-order valence-corrected chi connectivity index (χ3v) is 4.18. The Hall–Kier alpha value is -0.380. The Kier molecular flexibility index (Phi) is 4.38. The lowest BCUT2D eigenvalue weighted by atomic mass is 10.0. The second-order valence-electron chi connectivity index (χ2n) is 4.68. The average molecular weight is 238 g/mol. The minimum atomic E-state index is 0.494. The van der Waals surface area contributed by atoms with Gasteiger partial charge in [0.2, 0.25) is 0 Å². The molecule has 1 fully saturated rings. The smallest absolute Gasteiger partial charge is 0.0303 e. The van der Waals surface area contributed by atoms with Gasteiger partial charge in [-0.05, 0) is 55.2 Å². The monoisotopic (exact) mass is 238 g/mol. The summed E-state index contributed by atoms with van der Waals surface area (Å²) in [6.07, 6.45) is 2.66. The van der Waals surface area contributed by atoms with Crippen LogP contribution >= 0.6 is 11.3 Å². The van der Waals surface area contributed by atoms with Crippen molar-refractivity contribution in [3.05, 3.63) is 22.4 Å². The number of rotatable bonds is 4. The first-order chi connectivity index (χ1) is 7.79. The number of nitrogens with one attached hydrogen (secondary N) is 1. The molecule has 0 spiro atoms. The molecule has 2 nitrogen and oxygen atoms in total. The topological polar surface area (TPSA) is 15.3 Å². The molecule has 3 heteroatoms. The van der Waals surface area contributed by atoms with Crippen molar-refractivity contribution in [2.75, 3.05) is 19.6 Å². The van der Waals surface area contributed by atoms with Gasteiger partial charge in [0.25, 0.3) is 0 Å². The Bertz CT molecular complexity index is 297. The van der Waals surface area contributed by atoms with Gasteiger partial charge in [0.1, 0.15) is 0 Å². The lowest BCUT2D eigenvalue weighted by Crippen LogP contribution is -2.46. The number of likely N-dealkylation sites (tertiary alicyclic amines) is 1. The van der Waals surface area contributed by atoms with Gasteiger partial charge in [-0.1, -0.05) is 6.92 Å². The molecule has 1 aliphatic rings. The second kappa shape index (κ2) is 5.80. The van der Waals surface area contributed by atoms with Crippen molar-refractivity contribution in [2.24, 2.45) is 0 Å². The summed E-state index contributed by atoms with van der Waals surface area (Å²) in [5, 5.41) is 8.16. The zero-order valence-electron chi connectivity index (χ0n) is 10.3. The molecule has 0 radical (unpaired) electrons. The molecule has 2 unspecified atom stereocenters. The number of hydrogen-bond donors (Lipinski definition) is 1. The summed E-state index contributed by atoms with van der Waals surface area (Å²) in [5.41, 5.74) is 1.43. The molecule has 0 aliphatic carbocycles. The predicted molar refractivity (Wildman–Crippen MR) is 71.0 cm³/mol. The first-order valence-corrected chi connectivity index (χ1v) is 7.24. The van der Waals surface area contributed by atoms with E-state index in [9.17, 15) is 0 Å². The molecule has 1 N–H and O–H groups in total. The number of thiophene rings is 1. The standard InChI is InChI=1S/C13H22N2S/c1-3-15-7-4-5-13(9-15)14-11(2)12-6-8-16-10-12/h6,8,10-11,13-14H,3-5,7,9H2,1-2H3. The lowest BCUT2D eigenvalue weighted by molar-refractivity contribution is 0.192. The number of likely N-dealkylation sites (N-methyl/N-ethyl adjacent to an activating group) is 1. The molecule has 90 valence electrons.